The van der Waals surface area contributed by atoms with Crippen molar-refractivity contribution in [2.45, 2.75) is 26.3 Å². The molecule has 84 valence electrons. The van der Waals surface area contributed by atoms with Gasteiger partial charge in [-0.15, -0.1) is 12.3 Å². The molecule has 0 fully saturated rings. The van der Waals surface area contributed by atoms with Gasteiger partial charge in [-0.05, 0) is 37.1 Å². The molecule has 1 aromatic carbocycles. The van der Waals surface area contributed by atoms with Crippen molar-refractivity contribution < 1.29 is 4.79 Å². The van der Waals surface area contributed by atoms with Gasteiger partial charge in [0.1, 0.15) is 0 Å². The number of terminal acetylenes is 1. The van der Waals surface area contributed by atoms with E-state index in [4.69, 9.17) is 12.2 Å². The zero-order valence-electron chi connectivity index (χ0n) is 9.58. The number of amides is 1. The Hall–Kier alpha value is -1.79. The fraction of sp³-hybridized carbons (Fsp3) is 0.308. The average molecular weight is 216 g/mol. The molecule has 0 radical (unpaired) electrons. The van der Waals surface area contributed by atoms with E-state index in [1.165, 1.54) is 0 Å². The van der Waals surface area contributed by atoms with E-state index in [0.717, 1.165) is 16.8 Å². The monoisotopic (exact) mass is 216 g/mol. The number of anilines is 1. The van der Waals surface area contributed by atoms with Crippen molar-refractivity contribution >= 4 is 11.6 Å². The third-order valence-electron chi connectivity index (χ3n) is 2.16. The van der Waals surface area contributed by atoms with Crippen LogP contribution in [0.1, 0.15) is 17.5 Å². The Labute approximate surface area is 96.0 Å². The Morgan fingerprint density at radius 2 is 2.00 bits per heavy atom. The summed E-state index contributed by atoms with van der Waals surface area (Å²) in [6.45, 7) is 3.95. The van der Waals surface area contributed by atoms with Crippen LogP contribution in [-0.4, -0.2) is 11.9 Å². The molecule has 0 aliphatic carbocycles. The van der Waals surface area contributed by atoms with Crippen LogP contribution in [0.15, 0.2) is 18.2 Å². The first kappa shape index (κ1) is 12.3. The summed E-state index contributed by atoms with van der Waals surface area (Å²) in [5.74, 6) is 2.12. The van der Waals surface area contributed by atoms with Gasteiger partial charge < -0.3 is 11.1 Å². The van der Waals surface area contributed by atoms with Crippen LogP contribution in [0.4, 0.5) is 5.69 Å². The average Bonchev–Trinajstić information content (AvgIpc) is 2.16. The van der Waals surface area contributed by atoms with E-state index < -0.39 is 6.04 Å². The van der Waals surface area contributed by atoms with Crippen LogP contribution in [0.5, 0.6) is 0 Å². The molecule has 0 aliphatic heterocycles. The van der Waals surface area contributed by atoms with Gasteiger partial charge in [0.25, 0.3) is 0 Å². The van der Waals surface area contributed by atoms with Gasteiger partial charge in [-0.25, -0.2) is 0 Å². The standard InChI is InChI=1S/C13H16N2O/c1-4-5-12(14)13(16)15-11-7-9(2)6-10(3)8-11/h1,6-8,12H,5,14H2,2-3H3,(H,15,16). The number of benzene rings is 1. The number of nitrogens with one attached hydrogen (secondary N) is 1. The Morgan fingerprint density at radius 3 is 2.50 bits per heavy atom. The third-order valence-corrected chi connectivity index (χ3v) is 2.16. The van der Waals surface area contributed by atoms with E-state index in [1.807, 2.05) is 32.0 Å². The van der Waals surface area contributed by atoms with Crippen LogP contribution >= 0.6 is 0 Å². The highest BCUT2D eigenvalue weighted by molar-refractivity contribution is 5.95. The molecule has 1 atom stereocenters. The van der Waals surface area contributed by atoms with E-state index in [0.29, 0.717) is 0 Å². The minimum absolute atomic E-state index is 0.247. The summed E-state index contributed by atoms with van der Waals surface area (Å²) >= 11 is 0. The van der Waals surface area contributed by atoms with Crippen molar-refractivity contribution in [3.05, 3.63) is 29.3 Å². The van der Waals surface area contributed by atoms with Gasteiger partial charge in [0.05, 0.1) is 6.04 Å². The van der Waals surface area contributed by atoms with Gasteiger partial charge in [0, 0.05) is 12.1 Å². The molecule has 3 nitrogen and oxygen atoms in total. The lowest BCUT2D eigenvalue weighted by molar-refractivity contribution is -0.117. The van der Waals surface area contributed by atoms with Gasteiger partial charge in [0.2, 0.25) is 5.91 Å². The second kappa shape index (κ2) is 5.34. The molecule has 1 aromatic rings. The molecule has 1 unspecified atom stereocenters. The second-order valence-electron chi connectivity index (χ2n) is 3.88. The maximum absolute atomic E-state index is 11.6. The molecule has 0 saturated heterocycles. The largest absolute Gasteiger partial charge is 0.325 e. The number of carbonyl (C=O) groups excluding carboxylic acids is 1. The third kappa shape index (κ3) is 3.41. The number of hydrogen-bond donors (Lipinski definition) is 2. The number of hydrogen-bond acceptors (Lipinski definition) is 2. The molecule has 0 bridgehead atoms. The Bertz CT molecular complexity index is 412. The van der Waals surface area contributed by atoms with Crippen LogP contribution in [0.25, 0.3) is 0 Å². The first-order chi connectivity index (χ1) is 7.52. The van der Waals surface area contributed by atoms with E-state index >= 15 is 0 Å². The Kier molecular flexibility index (Phi) is 4.10. The van der Waals surface area contributed by atoms with E-state index in [1.54, 1.807) is 0 Å². The second-order valence-corrected chi connectivity index (χ2v) is 3.88. The molecule has 0 spiro atoms. The van der Waals surface area contributed by atoms with E-state index in [9.17, 15) is 4.79 Å². The zero-order valence-corrected chi connectivity index (χ0v) is 9.58. The lowest BCUT2D eigenvalue weighted by Gasteiger charge is -2.10. The van der Waals surface area contributed by atoms with Gasteiger partial charge in [-0.2, -0.15) is 0 Å². The molecule has 3 N–H and O–H groups in total. The molecule has 0 aromatic heterocycles. The maximum Gasteiger partial charge on any atom is 0.242 e. The van der Waals surface area contributed by atoms with Gasteiger partial charge >= 0.3 is 0 Å². The fourth-order valence-electron chi connectivity index (χ4n) is 1.50. The summed E-state index contributed by atoms with van der Waals surface area (Å²) in [4.78, 5) is 11.6. The summed E-state index contributed by atoms with van der Waals surface area (Å²) in [6.07, 6.45) is 5.35. The van der Waals surface area contributed by atoms with Crippen molar-refractivity contribution in [2.75, 3.05) is 5.32 Å². The van der Waals surface area contributed by atoms with E-state index in [2.05, 4.69) is 11.2 Å². The highest BCUT2D eigenvalue weighted by Gasteiger charge is 2.12. The van der Waals surface area contributed by atoms with Crippen LogP contribution < -0.4 is 11.1 Å². The molecule has 0 aliphatic rings. The summed E-state index contributed by atoms with van der Waals surface area (Å²) in [7, 11) is 0. The molecular weight excluding hydrogens is 200 g/mol. The van der Waals surface area contributed by atoms with Gasteiger partial charge in [0.15, 0.2) is 0 Å². The quantitative estimate of drug-likeness (QED) is 0.754. The molecule has 0 heterocycles. The van der Waals surface area contributed by atoms with Crippen molar-refractivity contribution in [3.8, 4) is 12.3 Å². The van der Waals surface area contributed by atoms with Crippen molar-refractivity contribution in [2.24, 2.45) is 5.73 Å². The molecule has 16 heavy (non-hydrogen) atoms. The van der Waals surface area contributed by atoms with Crippen LogP contribution in [0, 0.1) is 26.2 Å². The number of aryl methyl sites for hydroxylation is 2. The Balaban J connectivity index is 2.73. The zero-order chi connectivity index (χ0) is 12.1. The Morgan fingerprint density at radius 1 is 1.44 bits per heavy atom. The highest BCUT2D eigenvalue weighted by Crippen LogP contribution is 2.13. The van der Waals surface area contributed by atoms with Crippen molar-refractivity contribution in [1.29, 1.82) is 0 Å². The van der Waals surface area contributed by atoms with Crippen molar-refractivity contribution in [3.63, 3.8) is 0 Å². The fourth-order valence-corrected chi connectivity index (χ4v) is 1.50. The van der Waals surface area contributed by atoms with Gasteiger partial charge in [-0.1, -0.05) is 6.07 Å². The van der Waals surface area contributed by atoms with Gasteiger partial charge in [-0.3, -0.25) is 4.79 Å². The highest BCUT2D eigenvalue weighted by atomic mass is 16.2. The van der Waals surface area contributed by atoms with Crippen molar-refractivity contribution in [1.82, 2.24) is 0 Å². The van der Waals surface area contributed by atoms with E-state index in [-0.39, 0.29) is 12.3 Å². The topological polar surface area (TPSA) is 55.1 Å². The smallest absolute Gasteiger partial charge is 0.242 e. The molecule has 1 rings (SSSR count). The SMILES string of the molecule is C#CCC(N)C(=O)Nc1cc(C)cc(C)c1. The van der Waals surface area contributed by atoms with Crippen LogP contribution in [-0.2, 0) is 4.79 Å². The summed E-state index contributed by atoms with van der Waals surface area (Å²) in [5, 5.41) is 2.75. The first-order valence-electron chi connectivity index (χ1n) is 5.11. The minimum Gasteiger partial charge on any atom is -0.325 e. The normalized spacial score (nSPS) is 11.6. The predicted molar refractivity (Wildman–Crippen MR) is 66.0 cm³/mol. The lowest BCUT2D eigenvalue weighted by atomic mass is 10.1. The number of nitrogens with two attached hydrogens (primary N) is 1. The minimum atomic E-state index is -0.647. The predicted octanol–water partition coefficient (Wildman–Crippen LogP) is 1.59. The number of carbonyl (C=O) groups is 1. The molecule has 3 heteroatoms. The first-order valence-corrected chi connectivity index (χ1v) is 5.11. The molecule has 1 amide bonds. The van der Waals surface area contributed by atoms with Crippen LogP contribution in [0.2, 0.25) is 0 Å². The maximum atomic E-state index is 11.6. The number of rotatable bonds is 3. The van der Waals surface area contributed by atoms with Crippen LogP contribution in [0.3, 0.4) is 0 Å². The summed E-state index contributed by atoms with van der Waals surface area (Å²) in [6, 6.07) is 5.18. The summed E-state index contributed by atoms with van der Waals surface area (Å²) in [5.41, 5.74) is 8.55. The molecule has 0 saturated carbocycles. The molecular formula is C13H16N2O. The lowest BCUT2D eigenvalue weighted by Crippen LogP contribution is -2.35. The summed E-state index contributed by atoms with van der Waals surface area (Å²) < 4.78 is 0.